The lowest BCUT2D eigenvalue weighted by atomic mass is 9.79. The van der Waals surface area contributed by atoms with E-state index in [1.165, 1.54) is 12.8 Å². The zero-order valence-electron chi connectivity index (χ0n) is 13.9. The zero-order chi connectivity index (χ0) is 18.0. The summed E-state index contributed by atoms with van der Waals surface area (Å²) in [7, 11) is 0. The van der Waals surface area contributed by atoms with Gasteiger partial charge < -0.3 is 4.74 Å². The van der Waals surface area contributed by atoms with E-state index < -0.39 is 17.5 Å². The van der Waals surface area contributed by atoms with E-state index in [0.29, 0.717) is 12.0 Å². The minimum absolute atomic E-state index is 0.0493. The van der Waals surface area contributed by atoms with Crippen LogP contribution in [0.1, 0.15) is 49.7 Å². The number of alkyl halides is 2. The smallest absolute Gasteiger partial charge is 0.426 e. The van der Waals surface area contributed by atoms with Crippen LogP contribution < -0.4 is 4.74 Å². The van der Waals surface area contributed by atoms with Gasteiger partial charge in [-0.3, -0.25) is 0 Å². The molecular formula is C20H20ClF3O. The molecule has 2 aromatic rings. The molecule has 1 aliphatic rings. The third kappa shape index (κ3) is 4.30. The number of hydrogen-bond acceptors (Lipinski definition) is 1. The van der Waals surface area contributed by atoms with E-state index in [1.807, 2.05) is 12.1 Å². The Bertz CT molecular complexity index is 722. The fraction of sp³-hybridized carbons (Fsp3) is 0.400. The van der Waals surface area contributed by atoms with Crippen molar-refractivity contribution < 1.29 is 17.9 Å². The Hall–Kier alpha value is -1.68. The summed E-state index contributed by atoms with van der Waals surface area (Å²) in [5.74, 6) is 0.394. The summed E-state index contributed by atoms with van der Waals surface area (Å²) in [5.41, 5.74) is 0.583. The summed E-state index contributed by atoms with van der Waals surface area (Å²) in [6.07, 6.45) is 1.02. The number of hydrogen-bond donors (Lipinski definition) is 0. The first-order valence-electron chi connectivity index (χ1n) is 8.47. The maximum atomic E-state index is 14.2. The van der Waals surface area contributed by atoms with Gasteiger partial charge in [0.05, 0.1) is 10.6 Å². The van der Waals surface area contributed by atoms with E-state index in [1.54, 1.807) is 12.1 Å². The molecule has 0 heterocycles. The molecule has 1 fully saturated rings. The van der Waals surface area contributed by atoms with Gasteiger partial charge in [-0.25, -0.2) is 4.39 Å². The summed E-state index contributed by atoms with van der Waals surface area (Å²) in [4.78, 5) is 0. The third-order valence-corrected chi connectivity index (χ3v) is 5.18. The molecule has 1 saturated carbocycles. The molecule has 0 saturated heterocycles. The summed E-state index contributed by atoms with van der Waals surface area (Å²) < 4.78 is 46.7. The molecule has 0 amide bonds. The van der Waals surface area contributed by atoms with Crippen LogP contribution in [0.25, 0.3) is 0 Å². The second-order valence-corrected chi connectivity index (χ2v) is 7.18. The van der Waals surface area contributed by atoms with Gasteiger partial charge >= 0.3 is 6.11 Å². The van der Waals surface area contributed by atoms with Crippen molar-refractivity contribution in [2.45, 2.75) is 44.6 Å². The van der Waals surface area contributed by atoms with Gasteiger partial charge in [-0.1, -0.05) is 43.5 Å². The lowest BCUT2D eigenvalue weighted by molar-refractivity contribution is -0.185. The summed E-state index contributed by atoms with van der Waals surface area (Å²) in [5, 5.41) is -0.203. The average molecular weight is 369 g/mol. The maximum absolute atomic E-state index is 14.2. The Morgan fingerprint density at radius 2 is 1.64 bits per heavy atom. The van der Waals surface area contributed by atoms with Crippen molar-refractivity contribution in [1.82, 2.24) is 0 Å². The van der Waals surface area contributed by atoms with Gasteiger partial charge in [0.15, 0.2) is 0 Å². The SMILES string of the molecule is CC1CCC(c2ccc(OC(F)(F)c3ccc(Cl)c(F)c3)cc2)CC1. The van der Waals surface area contributed by atoms with Crippen LogP contribution in [0.2, 0.25) is 5.02 Å². The normalized spacial score (nSPS) is 21.2. The predicted molar refractivity (Wildman–Crippen MR) is 92.7 cm³/mol. The van der Waals surface area contributed by atoms with Gasteiger partial charge in [-0.05, 0) is 60.6 Å². The van der Waals surface area contributed by atoms with Crippen LogP contribution >= 0.6 is 11.6 Å². The Morgan fingerprint density at radius 3 is 2.24 bits per heavy atom. The van der Waals surface area contributed by atoms with Crippen LogP contribution in [0.15, 0.2) is 42.5 Å². The van der Waals surface area contributed by atoms with Crippen molar-refractivity contribution in [3.05, 3.63) is 64.4 Å². The minimum Gasteiger partial charge on any atom is -0.429 e. The predicted octanol–water partition coefficient (Wildman–Crippen LogP) is 6.90. The van der Waals surface area contributed by atoms with Crippen molar-refractivity contribution in [1.29, 1.82) is 0 Å². The highest BCUT2D eigenvalue weighted by atomic mass is 35.5. The molecule has 0 atom stereocenters. The Balaban J connectivity index is 1.70. The fourth-order valence-electron chi connectivity index (χ4n) is 3.29. The molecule has 0 spiro atoms. The van der Waals surface area contributed by atoms with Gasteiger partial charge in [0.1, 0.15) is 11.6 Å². The number of halogens is 4. The largest absolute Gasteiger partial charge is 0.429 e. The van der Waals surface area contributed by atoms with Gasteiger partial charge in [0.25, 0.3) is 0 Å². The molecule has 1 nitrogen and oxygen atoms in total. The van der Waals surface area contributed by atoms with Crippen LogP contribution in [-0.2, 0) is 6.11 Å². The molecule has 0 aliphatic heterocycles. The summed E-state index contributed by atoms with van der Waals surface area (Å²) in [6.45, 7) is 2.26. The van der Waals surface area contributed by atoms with E-state index in [9.17, 15) is 13.2 Å². The van der Waals surface area contributed by atoms with Crippen molar-refractivity contribution in [2.24, 2.45) is 5.92 Å². The van der Waals surface area contributed by atoms with Gasteiger partial charge in [0, 0.05) is 0 Å². The topological polar surface area (TPSA) is 9.23 Å². The quantitative estimate of drug-likeness (QED) is 0.570. The van der Waals surface area contributed by atoms with E-state index in [0.717, 1.165) is 36.5 Å². The molecule has 0 radical (unpaired) electrons. The van der Waals surface area contributed by atoms with Crippen molar-refractivity contribution in [2.75, 3.05) is 0 Å². The molecule has 2 aromatic carbocycles. The average Bonchev–Trinajstić information content (AvgIpc) is 2.58. The highest BCUT2D eigenvalue weighted by molar-refractivity contribution is 6.30. The van der Waals surface area contributed by atoms with Crippen molar-refractivity contribution in [3.63, 3.8) is 0 Å². The van der Waals surface area contributed by atoms with Gasteiger partial charge in [0.2, 0.25) is 0 Å². The summed E-state index contributed by atoms with van der Waals surface area (Å²) >= 11 is 5.53. The molecule has 0 aromatic heterocycles. The van der Waals surface area contributed by atoms with Crippen LogP contribution in [0.4, 0.5) is 13.2 Å². The second kappa shape index (κ2) is 7.28. The molecule has 0 bridgehead atoms. The molecule has 5 heteroatoms. The van der Waals surface area contributed by atoms with Gasteiger partial charge in [-0.2, -0.15) is 8.78 Å². The molecule has 25 heavy (non-hydrogen) atoms. The monoisotopic (exact) mass is 368 g/mol. The van der Waals surface area contributed by atoms with E-state index in [-0.39, 0.29) is 10.8 Å². The van der Waals surface area contributed by atoms with E-state index in [4.69, 9.17) is 16.3 Å². The third-order valence-electron chi connectivity index (χ3n) is 4.87. The molecule has 3 rings (SSSR count). The Kier molecular flexibility index (Phi) is 5.28. The zero-order valence-corrected chi connectivity index (χ0v) is 14.7. The van der Waals surface area contributed by atoms with E-state index >= 15 is 0 Å². The lowest BCUT2D eigenvalue weighted by Gasteiger charge is -2.26. The highest BCUT2D eigenvalue weighted by Gasteiger charge is 2.35. The minimum atomic E-state index is -3.63. The van der Waals surface area contributed by atoms with Gasteiger partial charge in [-0.15, -0.1) is 0 Å². The highest BCUT2D eigenvalue weighted by Crippen LogP contribution is 2.37. The Morgan fingerprint density at radius 1 is 1.00 bits per heavy atom. The molecule has 1 aliphatic carbocycles. The Labute approximate surface area is 150 Å². The molecule has 134 valence electrons. The van der Waals surface area contributed by atoms with Crippen LogP contribution in [0, 0.1) is 11.7 Å². The van der Waals surface area contributed by atoms with Crippen LogP contribution in [0.5, 0.6) is 5.75 Å². The van der Waals surface area contributed by atoms with Crippen molar-refractivity contribution >= 4 is 11.6 Å². The molecule has 0 unspecified atom stereocenters. The number of ether oxygens (including phenoxy) is 1. The first kappa shape index (κ1) is 18.1. The second-order valence-electron chi connectivity index (χ2n) is 6.77. The maximum Gasteiger partial charge on any atom is 0.426 e. The first-order chi connectivity index (χ1) is 11.8. The lowest BCUT2D eigenvalue weighted by Crippen LogP contribution is -2.22. The van der Waals surface area contributed by atoms with Crippen molar-refractivity contribution in [3.8, 4) is 5.75 Å². The molecule has 0 N–H and O–H groups in total. The number of benzene rings is 2. The molecular weight excluding hydrogens is 349 g/mol. The van der Waals surface area contributed by atoms with E-state index in [2.05, 4.69) is 6.92 Å². The fourth-order valence-corrected chi connectivity index (χ4v) is 3.40. The first-order valence-corrected chi connectivity index (χ1v) is 8.85. The standard InChI is InChI=1S/C20H20ClF3O/c1-13-2-4-14(5-3-13)15-6-9-17(10-7-15)25-20(23,24)16-8-11-18(21)19(22)12-16/h6-14H,2-5H2,1H3. The van der Waals surface area contributed by atoms with Crippen LogP contribution in [-0.4, -0.2) is 0 Å². The van der Waals surface area contributed by atoms with Crippen LogP contribution in [0.3, 0.4) is 0 Å². The number of rotatable bonds is 4. The summed E-state index contributed by atoms with van der Waals surface area (Å²) in [6, 6.07) is 9.63.